The number of nitrogens with zero attached hydrogens (tertiary/aromatic N) is 10. The maximum Gasteiger partial charge on any atom is 0.291 e. The number of hydrogen-bond donors (Lipinski definition) is 8. The predicted octanol–water partition coefficient (Wildman–Crippen LogP) is 4.45. The van der Waals surface area contributed by atoms with E-state index in [1.165, 1.54) is 0 Å². The molecular formula is C49H66N18O8S2. The zero-order valence-electron chi connectivity index (χ0n) is 44.4. The van der Waals surface area contributed by atoms with Crippen LogP contribution >= 0.6 is 22.7 Å². The Morgan fingerprint density at radius 3 is 1.29 bits per heavy atom. The third-order valence-electron chi connectivity index (χ3n) is 11.7. The monoisotopic (exact) mass is 1100 g/mol. The summed E-state index contributed by atoms with van der Waals surface area (Å²) in [5, 5.41) is 22.4. The molecule has 26 nitrogen and oxygen atoms in total. The number of hydrogen-bond acceptors (Lipinski definition) is 16. The number of thiazole rings is 2. The molecule has 0 aliphatic carbocycles. The maximum absolute atomic E-state index is 13.9. The van der Waals surface area contributed by atoms with Crippen LogP contribution in [0.3, 0.4) is 0 Å². The van der Waals surface area contributed by atoms with Gasteiger partial charge in [-0.1, -0.05) is 41.9 Å². The van der Waals surface area contributed by atoms with E-state index < -0.39 is 23.6 Å². The molecule has 0 fully saturated rings. The lowest BCUT2D eigenvalue weighted by molar-refractivity contribution is -0.106. The number of nitrogens with one attached hydrogen (secondary N) is 8. The molecule has 0 aliphatic rings. The summed E-state index contributed by atoms with van der Waals surface area (Å²) in [6, 6.07) is 3.15. The van der Waals surface area contributed by atoms with Crippen LogP contribution in [-0.2, 0) is 36.8 Å². The number of carbonyl (C=O) groups excluding carboxylic acids is 8. The molecule has 8 amide bonds. The van der Waals surface area contributed by atoms with E-state index in [1.807, 2.05) is 38.0 Å². The number of amides is 8. The molecule has 412 valence electrons. The van der Waals surface area contributed by atoms with Gasteiger partial charge in [0.15, 0.2) is 21.9 Å². The van der Waals surface area contributed by atoms with Gasteiger partial charge in [-0.25, -0.2) is 19.9 Å². The van der Waals surface area contributed by atoms with Crippen molar-refractivity contribution in [1.29, 1.82) is 0 Å². The van der Waals surface area contributed by atoms with Crippen molar-refractivity contribution in [3.05, 3.63) is 81.1 Å². The van der Waals surface area contributed by atoms with Crippen LogP contribution in [0.25, 0.3) is 0 Å². The zero-order chi connectivity index (χ0) is 55.8. The van der Waals surface area contributed by atoms with Crippen molar-refractivity contribution < 1.29 is 38.4 Å². The van der Waals surface area contributed by atoms with Crippen LogP contribution in [0.5, 0.6) is 0 Å². The highest BCUT2D eigenvalue weighted by atomic mass is 32.1. The first kappa shape index (κ1) is 58.2. The Hall–Kier alpha value is -8.08. The second-order valence-corrected chi connectivity index (χ2v) is 20.5. The van der Waals surface area contributed by atoms with Gasteiger partial charge in [-0.3, -0.25) is 38.4 Å². The molecule has 0 spiro atoms. The third-order valence-corrected chi connectivity index (χ3v) is 13.9. The van der Waals surface area contributed by atoms with Crippen LogP contribution in [0.4, 0.5) is 33.3 Å². The predicted molar refractivity (Wildman–Crippen MR) is 294 cm³/mol. The molecule has 6 heterocycles. The van der Waals surface area contributed by atoms with Crippen LogP contribution in [0.15, 0.2) is 36.9 Å². The standard InChI is InChI=1S/C49H66N18O8S2/c1-30-38(76-48(54-30)52-28-68)44(72)60-36-26-66(40(58-36)46(74)56-32-22-34(64(7)24-32)42(70)50-16-14-18-62(3)4)20-12-10-9-11-13-21-67-27-37(61-45(73)39-31(2)55-49(77-39)53-29-69)59-41(67)47(75)57-33-23-35(65(8)25-33)43(71)51-17-15-19-63(5)6/h22-29H,9-21H2,1-8H3,(H,50,70)(H,51,71)(H,56,74)(H,57,75)(H,60,72)(H,61,73)(H,52,54,68)(H,53,55,69). The number of unbranched alkanes of at least 4 members (excludes halogenated alkanes) is 4. The van der Waals surface area contributed by atoms with Crippen LogP contribution in [0.1, 0.15) is 118 Å². The molecule has 0 atom stereocenters. The Bertz CT molecular complexity index is 2870. The van der Waals surface area contributed by atoms with E-state index in [0.717, 1.165) is 67.9 Å². The Morgan fingerprint density at radius 1 is 0.519 bits per heavy atom. The largest absolute Gasteiger partial charge is 0.351 e. The first-order valence-electron chi connectivity index (χ1n) is 24.8. The summed E-state index contributed by atoms with van der Waals surface area (Å²) in [5.41, 5.74) is 2.25. The summed E-state index contributed by atoms with van der Waals surface area (Å²) in [5.74, 6) is -2.48. The molecule has 0 unspecified atom stereocenters. The summed E-state index contributed by atoms with van der Waals surface area (Å²) in [7, 11) is 11.2. The van der Waals surface area contributed by atoms with Gasteiger partial charge in [0.2, 0.25) is 24.5 Å². The van der Waals surface area contributed by atoms with Crippen molar-refractivity contribution in [2.24, 2.45) is 14.1 Å². The molecule has 0 bridgehead atoms. The van der Waals surface area contributed by atoms with Crippen molar-refractivity contribution >= 4 is 104 Å². The normalized spacial score (nSPS) is 11.1. The third kappa shape index (κ3) is 16.5. The summed E-state index contributed by atoms with van der Waals surface area (Å²) in [4.78, 5) is 125. The van der Waals surface area contributed by atoms with E-state index in [-0.39, 0.29) is 55.1 Å². The van der Waals surface area contributed by atoms with E-state index in [9.17, 15) is 38.4 Å². The number of carbonyl (C=O) groups is 8. The number of imidazole rings is 2. The Morgan fingerprint density at radius 2 is 0.909 bits per heavy atom. The highest BCUT2D eigenvalue weighted by Gasteiger charge is 2.24. The van der Waals surface area contributed by atoms with Gasteiger partial charge in [0.25, 0.3) is 35.4 Å². The number of anilines is 6. The van der Waals surface area contributed by atoms with E-state index >= 15 is 0 Å². The quantitative estimate of drug-likeness (QED) is 0.0229. The van der Waals surface area contributed by atoms with Gasteiger partial charge in [0.1, 0.15) is 21.1 Å². The van der Waals surface area contributed by atoms with Crippen molar-refractivity contribution in [1.82, 2.24) is 58.6 Å². The minimum absolute atomic E-state index is 0.0196. The van der Waals surface area contributed by atoms with Gasteiger partial charge >= 0.3 is 0 Å². The van der Waals surface area contributed by atoms with Crippen molar-refractivity contribution in [2.45, 2.75) is 71.9 Å². The number of aryl methyl sites for hydroxylation is 6. The Kier molecular flexibility index (Phi) is 20.9. The zero-order valence-corrected chi connectivity index (χ0v) is 46.0. The summed E-state index contributed by atoms with van der Waals surface area (Å²) in [6.07, 6.45) is 12.3. The van der Waals surface area contributed by atoms with Gasteiger partial charge in [-0.05, 0) is 92.9 Å². The van der Waals surface area contributed by atoms with Crippen LogP contribution in [-0.4, -0.2) is 151 Å². The van der Waals surface area contributed by atoms with Crippen LogP contribution in [0, 0.1) is 13.8 Å². The summed E-state index contributed by atoms with van der Waals surface area (Å²) in [6.45, 7) is 6.57. The highest BCUT2D eigenvalue weighted by Crippen LogP contribution is 2.26. The fourth-order valence-corrected chi connectivity index (χ4v) is 9.64. The lowest BCUT2D eigenvalue weighted by Crippen LogP contribution is -2.28. The second kappa shape index (κ2) is 27.6. The SMILES string of the molecule is Cc1nc(NC=O)sc1C(=O)Nc1cn(CCCCCCCn2cc(NC(=O)c3sc(NC=O)nc3C)nc2C(=O)Nc2cc(C(=O)NCCCN(C)C)n(C)c2)c(C(=O)Nc2cc(C(=O)NCCCN(C)C)n(C)c2)n1. The van der Waals surface area contributed by atoms with E-state index in [4.69, 9.17) is 0 Å². The van der Waals surface area contributed by atoms with E-state index in [0.29, 0.717) is 86.0 Å². The van der Waals surface area contributed by atoms with E-state index in [1.54, 1.807) is 83.1 Å². The number of rotatable bonds is 30. The molecule has 0 radical (unpaired) electrons. The van der Waals surface area contributed by atoms with Crippen LogP contribution in [0.2, 0.25) is 0 Å². The lowest BCUT2D eigenvalue weighted by atomic mass is 10.1. The molecule has 0 saturated heterocycles. The van der Waals surface area contributed by atoms with Gasteiger partial charge in [0, 0.05) is 65.1 Å². The molecule has 0 aliphatic heterocycles. The maximum atomic E-state index is 13.9. The summed E-state index contributed by atoms with van der Waals surface area (Å²) >= 11 is 1.99. The van der Waals surface area contributed by atoms with Gasteiger partial charge in [-0.15, -0.1) is 0 Å². The Labute approximate surface area is 452 Å². The topological polar surface area (TPSA) is 311 Å². The van der Waals surface area contributed by atoms with Crippen molar-refractivity contribution in [3.63, 3.8) is 0 Å². The van der Waals surface area contributed by atoms with E-state index in [2.05, 4.69) is 62.5 Å². The molecule has 0 saturated carbocycles. The smallest absolute Gasteiger partial charge is 0.291 e. The number of aromatic nitrogens is 8. The average molecular weight is 1100 g/mol. The molecule has 6 aromatic rings. The van der Waals surface area contributed by atoms with Crippen LogP contribution < -0.4 is 42.5 Å². The highest BCUT2D eigenvalue weighted by molar-refractivity contribution is 7.18. The second-order valence-electron chi connectivity index (χ2n) is 18.5. The fourth-order valence-electron chi connectivity index (χ4n) is 8.00. The average Bonchev–Trinajstić information content (AvgIpc) is 4.25. The fraction of sp³-hybridized carbons (Fsp3) is 0.429. The summed E-state index contributed by atoms with van der Waals surface area (Å²) < 4.78 is 6.54. The molecule has 28 heteroatoms. The minimum atomic E-state index is -0.567. The molecule has 77 heavy (non-hydrogen) atoms. The molecule has 0 aromatic carbocycles. The minimum Gasteiger partial charge on any atom is -0.351 e. The van der Waals surface area contributed by atoms with Crippen molar-refractivity contribution in [2.75, 3.05) is 86.3 Å². The van der Waals surface area contributed by atoms with Gasteiger partial charge in [-0.2, -0.15) is 0 Å². The molecule has 6 rings (SSSR count). The van der Waals surface area contributed by atoms with Crippen molar-refractivity contribution in [3.8, 4) is 0 Å². The molecule has 6 aromatic heterocycles. The molecular weight excluding hydrogens is 1030 g/mol. The molecule has 8 N–H and O–H groups in total. The Balaban J connectivity index is 1.11. The van der Waals surface area contributed by atoms with Gasteiger partial charge < -0.3 is 70.6 Å². The lowest BCUT2D eigenvalue weighted by Gasteiger charge is -2.10. The first-order chi connectivity index (χ1) is 36.8. The van der Waals surface area contributed by atoms with Gasteiger partial charge in [0.05, 0.1) is 22.8 Å². The first-order valence-corrected chi connectivity index (χ1v) is 26.4.